The summed E-state index contributed by atoms with van der Waals surface area (Å²) in [4.78, 5) is 85.4. The fourth-order valence-electron chi connectivity index (χ4n) is 6.69. The summed E-state index contributed by atoms with van der Waals surface area (Å²) in [7, 11) is 0. The lowest BCUT2D eigenvalue weighted by Gasteiger charge is -2.35. The van der Waals surface area contributed by atoms with Gasteiger partial charge in [0.2, 0.25) is 35.4 Å². The standard InChI is InChI=1S/C35H52N8O8/c1-18(2)13-25-32(48)39-20(4)31(47)37-16-29(46)42-30(21(5)45)35(51)43-12-8-11-28(43)19(3)38-27(17-44)34(50)41-26(33(49)40-25)14-22-15-36-24-10-7-6-9-23(22)24/h6-7,9-10,15,18-21,25-28,30,36,38,44-45H,8,11-14,16-17H2,1-5H3,(H,37,47)(H,39,48)(H,40,49)(H,41,50)(H,42,46)/t19-,20+,21+,25+,26+,27+,28+,30+/m1/s1. The molecule has 1 aromatic carbocycles. The molecule has 16 heteroatoms. The zero-order valence-corrected chi connectivity index (χ0v) is 29.8. The molecule has 2 aliphatic rings. The second-order valence-electron chi connectivity index (χ2n) is 14.0. The Hall–Kier alpha value is -4.54. The number of aromatic nitrogens is 1. The highest BCUT2D eigenvalue weighted by Gasteiger charge is 2.40. The van der Waals surface area contributed by atoms with Crippen LogP contribution in [0.2, 0.25) is 0 Å². The fourth-order valence-corrected chi connectivity index (χ4v) is 6.69. The molecule has 2 aliphatic heterocycles. The van der Waals surface area contributed by atoms with Crippen LogP contribution in [0.25, 0.3) is 10.9 Å². The summed E-state index contributed by atoms with van der Waals surface area (Å²) in [6, 6.07) is 0.661. The Bertz CT molecular complexity index is 1580. The average molecular weight is 713 g/mol. The molecule has 0 radical (unpaired) electrons. The highest BCUT2D eigenvalue weighted by molar-refractivity contribution is 5.96. The molecule has 0 unspecified atom stereocenters. The Labute approximate surface area is 297 Å². The van der Waals surface area contributed by atoms with Crippen molar-refractivity contribution in [3.05, 3.63) is 36.0 Å². The number of H-pyrrole nitrogens is 1. The predicted octanol–water partition coefficient (Wildman–Crippen LogP) is -1.44. The third kappa shape index (κ3) is 10.0. The summed E-state index contributed by atoms with van der Waals surface area (Å²) in [5, 5.41) is 37.9. The Morgan fingerprint density at radius 3 is 2.22 bits per heavy atom. The highest BCUT2D eigenvalue weighted by Crippen LogP contribution is 2.23. The Morgan fingerprint density at radius 2 is 1.53 bits per heavy atom. The van der Waals surface area contributed by atoms with Crippen molar-refractivity contribution in [2.75, 3.05) is 19.7 Å². The van der Waals surface area contributed by atoms with Crippen molar-refractivity contribution in [2.45, 2.75) is 109 Å². The number of hydrogen-bond donors (Lipinski definition) is 9. The van der Waals surface area contributed by atoms with Crippen molar-refractivity contribution in [3.8, 4) is 0 Å². The van der Waals surface area contributed by atoms with Gasteiger partial charge in [-0.25, -0.2) is 0 Å². The molecule has 1 aromatic heterocycles. The van der Waals surface area contributed by atoms with Crippen LogP contribution in [0.5, 0.6) is 0 Å². The number of carbonyl (C=O) groups excluding carboxylic acids is 6. The highest BCUT2D eigenvalue weighted by atomic mass is 16.3. The van der Waals surface area contributed by atoms with Crippen LogP contribution in [-0.4, -0.2) is 124 Å². The number of fused-ring (bicyclic) bond motifs is 2. The Kier molecular flexibility index (Phi) is 13.5. The van der Waals surface area contributed by atoms with Gasteiger partial charge in [0, 0.05) is 42.1 Å². The first-order valence-electron chi connectivity index (χ1n) is 17.6. The molecule has 0 aliphatic carbocycles. The number of amides is 6. The number of aliphatic hydroxyl groups excluding tert-OH is 2. The number of carbonyl (C=O) groups is 6. The minimum absolute atomic E-state index is 0.0470. The van der Waals surface area contributed by atoms with E-state index in [0.717, 1.165) is 16.5 Å². The number of nitrogens with zero attached hydrogens (tertiary/aromatic N) is 1. The minimum Gasteiger partial charge on any atom is -0.394 e. The summed E-state index contributed by atoms with van der Waals surface area (Å²) < 4.78 is 0. The number of benzene rings is 1. The van der Waals surface area contributed by atoms with Gasteiger partial charge in [-0.1, -0.05) is 32.0 Å². The molecule has 4 rings (SSSR count). The first-order chi connectivity index (χ1) is 24.2. The van der Waals surface area contributed by atoms with Crippen LogP contribution in [0.1, 0.15) is 59.4 Å². The molecule has 51 heavy (non-hydrogen) atoms. The molecule has 2 saturated heterocycles. The predicted molar refractivity (Wildman–Crippen MR) is 188 cm³/mol. The fraction of sp³-hybridized carbons (Fsp3) is 0.600. The maximum atomic E-state index is 14.0. The monoisotopic (exact) mass is 712 g/mol. The van der Waals surface area contributed by atoms with Crippen molar-refractivity contribution in [1.29, 1.82) is 0 Å². The van der Waals surface area contributed by atoms with Gasteiger partial charge in [-0.15, -0.1) is 0 Å². The Balaban J connectivity index is 1.68. The van der Waals surface area contributed by atoms with Crippen LogP contribution in [0.15, 0.2) is 30.5 Å². The van der Waals surface area contributed by atoms with E-state index in [1.165, 1.54) is 18.7 Å². The quantitative estimate of drug-likeness (QED) is 0.170. The van der Waals surface area contributed by atoms with Gasteiger partial charge in [0.15, 0.2) is 0 Å². The van der Waals surface area contributed by atoms with Gasteiger partial charge in [-0.3, -0.25) is 34.1 Å². The second-order valence-corrected chi connectivity index (χ2v) is 14.0. The molecule has 8 atom stereocenters. The van der Waals surface area contributed by atoms with E-state index < -0.39 is 97.0 Å². The number of aromatic amines is 1. The van der Waals surface area contributed by atoms with Crippen LogP contribution in [0, 0.1) is 5.92 Å². The van der Waals surface area contributed by atoms with Crippen molar-refractivity contribution < 1.29 is 39.0 Å². The number of nitrogens with one attached hydrogen (secondary N) is 7. The van der Waals surface area contributed by atoms with Gasteiger partial charge >= 0.3 is 0 Å². The lowest BCUT2D eigenvalue weighted by molar-refractivity contribution is -0.140. The van der Waals surface area contributed by atoms with E-state index in [9.17, 15) is 39.0 Å². The van der Waals surface area contributed by atoms with Crippen molar-refractivity contribution in [2.24, 2.45) is 5.92 Å². The van der Waals surface area contributed by atoms with Gasteiger partial charge in [-0.2, -0.15) is 0 Å². The first kappa shape index (κ1) is 39.2. The normalized spacial score (nSPS) is 28.6. The van der Waals surface area contributed by atoms with E-state index in [2.05, 4.69) is 36.9 Å². The van der Waals surface area contributed by atoms with Gasteiger partial charge in [-0.05, 0) is 57.6 Å². The molecular formula is C35H52N8O8. The molecule has 2 fully saturated rings. The third-order valence-corrected chi connectivity index (χ3v) is 9.43. The second kappa shape index (κ2) is 17.6. The van der Waals surface area contributed by atoms with Crippen molar-refractivity contribution in [3.63, 3.8) is 0 Å². The van der Waals surface area contributed by atoms with E-state index in [0.29, 0.717) is 19.4 Å². The summed E-state index contributed by atoms with van der Waals surface area (Å²) in [5.41, 5.74) is 1.57. The van der Waals surface area contributed by atoms with Gasteiger partial charge in [0.05, 0.1) is 19.3 Å². The third-order valence-electron chi connectivity index (χ3n) is 9.43. The number of aliphatic hydroxyl groups is 2. The molecule has 280 valence electrons. The van der Waals surface area contributed by atoms with Crippen LogP contribution in [-0.2, 0) is 35.2 Å². The van der Waals surface area contributed by atoms with E-state index in [4.69, 9.17) is 0 Å². The smallest absolute Gasteiger partial charge is 0.248 e. The minimum atomic E-state index is -1.32. The zero-order valence-electron chi connectivity index (χ0n) is 29.8. The van der Waals surface area contributed by atoms with Crippen LogP contribution in [0.3, 0.4) is 0 Å². The summed E-state index contributed by atoms with van der Waals surface area (Å²) in [6.45, 7) is 7.49. The van der Waals surface area contributed by atoms with Crippen molar-refractivity contribution >= 4 is 46.3 Å². The van der Waals surface area contributed by atoms with Gasteiger partial charge in [0.1, 0.15) is 30.2 Å². The van der Waals surface area contributed by atoms with Crippen molar-refractivity contribution in [1.82, 2.24) is 41.8 Å². The molecule has 9 N–H and O–H groups in total. The molecular weight excluding hydrogens is 660 g/mol. The molecule has 6 amide bonds. The molecule has 0 spiro atoms. The largest absolute Gasteiger partial charge is 0.394 e. The topological polar surface area (TPSA) is 234 Å². The maximum absolute atomic E-state index is 14.0. The number of hydrogen-bond acceptors (Lipinski definition) is 9. The molecule has 16 nitrogen and oxygen atoms in total. The van der Waals surface area contributed by atoms with Crippen LogP contribution in [0.4, 0.5) is 0 Å². The maximum Gasteiger partial charge on any atom is 0.248 e. The zero-order chi connectivity index (χ0) is 37.4. The molecule has 0 saturated carbocycles. The molecule has 2 aromatic rings. The van der Waals surface area contributed by atoms with Crippen LogP contribution < -0.4 is 31.9 Å². The summed E-state index contributed by atoms with van der Waals surface area (Å²) in [5.74, 6) is -3.95. The summed E-state index contributed by atoms with van der Waals surface area (Å²) in [6.07, 6.45) is 1.93. The lowest BCUT2D eigenvalue weighted by atomic mass is 10.00. The van der Waals surface area contributed by atoms with E-state index >= 15 is 0 Å². The van der Waals surface area contributed by atoms with Gasteiger partial charge in [0.25, 0.3) is 0 Å². The number of para-hydroxylation sites is 1. The SMILES string of the molecule is CC(C)C[C@@H]1NC(=O)[C@H](Cc2c[nH]c3ccccc23)NC(=O)[C@H](CO)N[C@H](C)[C@@H]2CCCN2C(=O)[C@H]([C@H](C)O)NC(=O)CNC(=O)[C@H](C)NC1=O. The van der Waals surface area contributed by atoms with E-state index in [1.54, 1.807) is 13.1 Å². The molecule has 3 heterocycles. The number of rotatable bonds is 6. The van der Waals surface area contributed by atoms with Crippen LogP contribution >= 0.6 is 0 Å². The first-order valence-corrected chi connectivity index (χ1v) is 17.6. The van der Waals surface area contributed by atoms with Gasteiger partial charge < -0.3 is 46.7 Å². The Morgan fingerprint density at radius 1 is 0.863 bits per heavy atom. The van der Waals surface area contributed by atoms with E-state index in [1.807, 2.05) is 38.1 Å². The molecule has 0 bridgehead atoms. The summed E-state index contributed by atoms with van der Waals surface area (Å²) >= 11 is 0. The lowest BCUT2D eigenvalue weighted by Crippen LogP contribution is -2.61. The van der Waals surface area contributed by atoms with E-state index in [-0.39, 0.29) is 18.8 Å². The average Bonchev–Trinajstić information content (AvgIpc) is 3.74.